The molecule has 1 heterocycles. The van der Waals surface area contributed by atoms with Crippen LogP contribution in [0.5, 0.6) is 11.5 Å². The lowest BCUT2D eigenvalue weighted by molar-refractivity contribution is 0.0522. The Labute approximate surface area is 162 Å². The molecule has 6 nitrogen and oxygen atoms in total. The van der Waals surface area contributed by atoms with E-state index in [1.165, 1.54) is 12.4 Å². The molecule has 0 amide bonds. The van der Waals surface area contributed by atoms with E-state index in [0.29, 0.717) is 5.75 Å². The highest BCUT2D eigenvalue weighted by atomic mass is 16.5. The van der Waals surface area contributed by atoms with Crippen molar-refractivity contribution < 1.29 is 19.4 Å². The zero-order chi connectivity index (χ0) is 19.9. The number of para-hydroxylation sites is 1. The van der Waals surface area contributed by atoms with Crippen molar-refractivity contribution in [2.45, 2.75) is 19.6 Å². The summed E-state index contributed by atoms with van der Waals surface area (Å²) in [7, 11) is 0. The molecule has 3 rings (SSSR count). The highest BCUT2D eigenvalue weighted by molar-refractivity contribution is 5.89. The van der Waals surface area contributed by atoms with Crippen molar-refractivity contribution in [1.82, 2.24) is 4.57 Å². The lowest BCUT2D eigenvalue weighted by Crippen LogP contribution is -2.22. The topological polar surface area (TPSA) is 77.8 Å². The average Bonchev–Trinajstić information content (AvgIpc) is 2.72. The third kappa shape index (κ3) is 4.66. The molecule has 0 aliphatic carbocycles. The number of aliphatic hydroxyl groups excluding tert-OH is 1. The van der Waals surface area contributed by atoms with Crippen molar-refractivity contribution in [3.05, 3.63) is 94.4 Å². The summed E-state index contributed by atoms with van der Waals surface area (Å²) in [6.07, 6.45) is 2.04. The number of ether oxygens (including phenoxy) is 2. The first-order chi connectivity index (χ1) is 13.6. The van der Waals surface area contributed by atoms with Gasteiger partial charge in [0.15, 0.2) is 5.75 Å². The van der Waals surface area contributed by atoms with Gasteiger partial charge >= 0.3 is 5.97 Å². The number of aliphatic hydroxyl groups is 1. The Morgan fingerprint density at radius 1 is 1.04 bits per heavy atom. The molecule has 3 aromatic rings. The molecular weight excluding hydrogens is 358 g/mol. The molecule has 0 aliphatic heterocycles. The number of benzene rings is 2. The molecule has 0 fully saturated rings. The van der Waals surface area contributed by atoms with Crippen LogP contribution in [0.4, 0.5) is 0 Å². The number of carbonyl (C=O) groups is 1. The van der Waals surface area contributed by atoms with E-state index >= 15 is 0 Å². The fraction of sp³-hybridized carbons (Fsp3) is 0.182. The third-order valence-electron chi connectivity index (χ3n) is 4.08. The Bertz CT molecular complexity index is 983. The number of pyridine rings is 1. The summed E-state index contributed by atoms with van der Waals surface area (Å²) in [6.45, 7) is 1.95. The Balaban J connectivity index is 1.96. The van der Waals surface area contributed by atoms with Gasteiger partial charge in [0.1, 0.15) is 11.3 Å². The maximum absolute atomic E-state index is 12.7. The van der Waals surface area contributed by atoms with E-state index in [1.807, 2.05) is 24.3 Å². The summed E-state index contributed by atoms with van der Waals surface area (Å²) in [4.78, 5) is 24.9. The van der Waals surface area contributed by atoms with Gasteiger partial charge in [0.2, 0.25) is 5.43 Å². The Hall–Kier alpha value is -3.38. The molecule has 1 atom stereocenters. The van der Waals surface area contributed by atoms with Gasteiger partial charge in [0.05, 0.1) is 25.5 Å². The summed E-state index contributed by atoms with van der Waals surface area (Å²) < 4.78 is 12.2. The summed E-state index contributed by atoms with van der Waals surface area (Å²) in [5.74, 6) is -0.276. The SMILES string of the molecule is CCOC(=O)c1cn(C[C@H](O)c2ccccc2)cc(Oc2ccccc2)c1=O. The first kappa shape index (κ1) is 19.4. The van der Waals surface area contributed by atoms with Crippen LogP contribution in [-0.2, 0) is 11.3 Å². The summed E-state index contributed by atoms with van der Waals surface area (Å²) in [5, 5.41) is 10.5. The minimum Gasteiger partial charge on any atom is -0.462 e. The molecule has 0 saturated heterocycles. The molecule has 0 unspecified atom stereocenters. The van der Waals surface area contributed by atoms with Gasteiger partial charge in [-0.25, -0.2) is 4.79 Å². The quantitative estimate of drug-likeness (QED) is 0.635. The van der Waals surface area contributed by atoms with Gasteiger partial charge < -0.3 is 19.1 Å². The van der Waals surface area contributed by atoms with Crippen LogP contribution < -0.4 is 10.2 Å². The zero-order valence-corrected chi connectivity index (χ0v) is 15.4. The second-order valence-electron chi connectivity index (χ2n) is 6.12. The van der Waals surface area contributed by atoms with Gasteiger partial charge in [-0.2, -0.15) is 0 Å². The number of aromatic nitrogens is 1. The minimum absolute atomic E-state index is 0.0167. The highest BCUT2D eigenvalue weighted by Gasteiger charge is 2.19. The van der Waals surface area contributed by atoms with Crippen molar-refractivity contribution >= 4 is 5.97 Å². The van der Waals surface area contributed by atoms with E-state index in [-0.39, 0.29) is 24.5 Å². The van der Waals surface area contributed by atoms with Crippen molar-refractivity contribution in [3.63, 3.8) is 0 Å². The zero-order valence-electron chi connectivity index (χ0n) is 15.4. The maximum Gasteiger partial charge on any atom is 0.343 e. The fourth-order valence-electron chi connectivity index (χ4n) is 2.73. The Kier molecular flexibility index (Phi) is 6.24. The van der Waals surface area contributed by atoms with Crippen LogP contribution >= 0.6 is 0 Å². The number of esters is 1. The molecule has 0 saturated carbocycles. The lowest BCUT2D eigenvalue weighted by atomic mass is 10.1. The number of hydrogen-bond acceptors (Lipinski definition) is 5. The molecule has 28 heavy (non-hydrogen) atoms. The number of hydrogen-bond donors (Lipinski definition) is 1. The van der Waals surface area contributed by atoms with Crippen LogP contribution in [0.1, 0.15) is 28.9 Å². The minimum atomic E-state index is -0.816. The molecule has 6 heteroatoms. The Morgan fingerprint density at radius 3 is 2.32 bits per heavy atom. The standard InChI is InChI=1S/C22H21NO5/c1-2-27-22(26)18-13-23(14-19(24)16-9-5-3-6-10-16)15-20(21(18)25)28-17-11-7-4-8-12-17/h3-13,15,19,24H,2,14H2,1H3/t19-/m0/s1. The molecule has 0 aliphatic rings. The van der Waals surface area contributed by atoms with Gasteiger partial charge in [-0.1, -0.05) is 48.5 Å². The first-order valence-corrected chi connectivity index (χ1v) is 8.95. The van der Waals surface area contributed by atoms with Gasteiger partial charge in [0.25, 0.3) is 0 Å². The summed E-state index contributed by atoms with van der Waals surface area (Å²) >= 11 is 0. The van der Waals surface area contributed by atoms with Gasteiger partial charge in [-0.05, 0) is 24.6 Å². The maximum atomic E-state index is 12.7. The lowest BCUT2D eigenvalue weighted by Gasteiger charge is -2.16. The van der Waals surface area contributed by atoms with E-state index < -0.39 is 17.5 Å². The average molecular weight is 379 g/mol. The van der Waals surface area contributed by atoms with Gasteiger partial charge in [-0.3, -0.25) is 4.79 Å². The number of rotatable bonds is 7. The normalized spacial score (nSPS) is 11.6. The van der Waals surface area contributed by atoms with Crippen molar-refractivity contribution in [3.8, 4) is 11.5 Å². The van der Waals surface area contributed by atoms with Crippen LogP contribution in [0.15, 0.2) is 77.9 Å². The second kappa shape index (κ2) is 9.01. The largest absolute Gasteiger partial charge is 0.462 e. The summed E-state index contributed by atoms with van der Waals surface area (Å²) in [5.41, 5.74) is 0.0210. The summed E-state index contributed by atoms with van der Waals surface area (Å²) in [6, 6.07) is 17.9. The van der Waals surface area contributed by atoms with E-state index in [0.717, 1.165) is 5.56 Å². The first-order valence-electron chi connectivity index (χ1n) is 8.95. The van der Waals surface area contributed by atoms with Gasteiger partial charge in [0, 0.05) is 6.20 Å². The van der Waals surface area contributed by atoms with Crippen LogP contribution in [0.2, 0.25) is 0 Å². The van der Waals surface area contributed by atoms with Crippen molar-refractivity contribution in [1.29, 1.82) is 0 Å². The molecule has 1 aromatic heterocycles. The van der Waals surface area contributed by atoms with E-state index in [1.54, 1.807) is 47.9 Å². The predicted octanol–water partition coefficient (Wildman–Crippen LogP) is 3.55. The van der Waals surface area contributed by atoms with E-state index in [9.17, 15) is 14.7 Å². The van der Waals surface area contributed by atoms with E-state index in [2.05, 4.69) is 0 Å². The molecule has 0 radical (unpaired) electrons. The van der Waals surface area contributed by atoms with Crippen LogP contribution in [0.3, 0.4) is 0 Å². The molecule has 144 valence electrons. The highest BCUT2D eigenvalue weighted by Crippen LogP contribution is 2.20. The second-order valence-corrected chi connectivity index (χ2v) is 6.12. The van der Waals surface area contributed by atoms with Gasteiger partial charge in [-0.15, -0.1) is 0 Å². The van der Waals surface area contributed by atoms with Crippen LogP contribution in [0, 0.1) is 0 Å². The predicted molar refractivity (Wildman–Crippen MR) is 105 cm³/mol. The number of carbonyl (C=O) groups excluding carboxylic acids is 1. The fourth-order valence-corrected chi connectivity index (χ4v) is 2.73. The van der Waals surface area contributed by atoms with Crippen molar-refractivity contribution in [2.24, 2.45) is 0 Å². The molecule has 0 bridgehead atoms. The van der Waals surface area contributed by atoms with Crippen molar-refractivity contribution in [2.75, 3.05) is 6.61 Å². The van der Waals surface area contributed by atoms with Crippen LogP contribution in [-0.4, -0.2) is 22.2 Å². The smallest absolute Gasteiger partial charge is 0.343 e. The number of nitrogens with zero attached hydrogens (tertiary/aromatic N) is 1. The Morgan fingerprint density at radius 2 is 1.68 bits per heavy atom. The molecule has 2 aromatic carbocycles. The monoisotopic (exact) mass is 379 g/mol. The third-order valence-corrected chi connectivity index (χ3v) is 4.08. The van der Waals surface area contributed by atoms with E-state index in [4.69, 9.17) is 9.47 Å². The molecular formula is C22H21NO5. The molecule has 1 N–H and O–H groups in total. The molecule has 0 spiro atoms. The van der Waals surface area contributed by atoms with Crippen LogP contribution in [0.25, 0.3) is 0 Å².